The molecule has 2 nitrogen and oxygen atoms in total. The summed E-state index contributed by atoms with van der Waals surface area (Å²) < 4.78 is 0. The van der Waals surface area contributed by atoms with Gasteiger partial charge in [0.25, 0.3) is 0 Å². The number of nitrogens with zero attached hydrogens (tertiary/aromatic N) is 2. The molecule has 0 aliphatic heterocycles. The normalized spacial score (nSPS) is 16.9. The molecular formula is C7H6Cl2N2. The van der Waals surface area contributed by atoms with Crippen LogP contribution >= 0.6 is 23.2 Å². The van der Waals surface area contributed by atoms with Crippen molar-refractivity contribution in [1.82, 2.24) is 9.97 Å². The maximum atomic E-state index is 5.87. The summed E-state index contributed by atoms with van der Waals surface area (Å²) in [5.74, 6) is 0.531. The predicted octanol–water partition coefficient (Wildman–Crippen LogP) is 2.66. The number of hydrogen-bond acceptors (Lipinski definition) is 2. The van der Waals surface area contributed by atoms with Gasteiger partial charge in [-0.2, -0.15) is 0 Å². The van der Waals surface area contributed by atoms with E-state index in [-0.39, 0.29) is 0 Å². The minimum absolute atomic E-state index is 0.364. The molecule has 0 bridgehead atoms. The van der Waals surface area contributed by atoms with Crippen molar-refractivity contribution in [3.63, 3.8) is 0 Å². The lowest BCUT2D eigenvalue weighted by atomic mass is 10.3. The van der Waals surface area contributed by atoms with Crippen molar-refractivity contribution in [3.8, 4) is 0 Å². The zero-order chi connectivity index (χ0) is 7.84. The Morgan fingerprint density at radius 3 is 2.64 bits per heavy atom. The molecule has 0 spiro atoms. The van der Waals surface area contributed by atoms with E-state index in [0.29, 0.717) is 16.1 Å². The summed E-state index contributed by atoms with van der Waals surface area (Å²) >= 11 is 11.6. The molecular weight excluding hydrogens is 183 g/mol. The SMILES string of the molecule is Clc1ncnc(C2CC2)c1Cl. The third kappa shape index (κ3) is 1.33. The molecule has 4 heteroatoms. The Kier molecular flexibility index (Phi) is 1.74. The van der Waals surface area contributed by atoms with Gasteiger partial charge < -0.3 is 0 Å². The lowest BCUT2D eigenvalue weighted by molar-refractivity contribution is 0.988. The molecule has 0 radical (unpaired) electrons. The number of halogens is 2. The zero-order valence-corrected chi connectivity index (χ0v) is 7.23. The van der Waals surface area contributed by atoms with Crippen LogP contribution in [0.1, 0.15) is 24.5 Å². The highest BCUT2D eigenvalue weighted by atomic mass is 35.5. The van der Waals surface area contributed by atoms with Crippen molar-refractivity contribution in [2.45, 2.75) is 18.8 Å². The topological polar surface area (TPSA) is 25.8 Å². The molecule has 1 fully saturated rings. The van der Waals surface area contributed by atoms with Crippen LogP contribution in [-0.2, 0) is 0 Å². The quantitative estimate of drug-likeness (QED) is 0.634. The van der Waals surface area contributed by atoms with E-state index in [1.165, 1.54) is 19.2 Å². The average molecular weight is 189 g/mol. The molecule has 58 valence electrons. The fraction of sp³-hybridized carbons (Fsp3) is 0.429. The standard InChI is InChI=1S/C7H6Cl2N2/c8-5-6(4-1-2-4)10-3-11-7(5)9/h3-4H,1-2H2. The Morgan fingerprint density at radius 1 is 1.27 bits per heavy atom. The van der Waals surface area contributed by atoms with Crippen molar-refractivity contribution in [2.24, 2.45) is 0 Å². The van der Waals surface area contributed by atoms with Crippen molar-refractivity contribution >= 4 is 23.2 Å². The van der Waals surface area contributed by atoms with E-state index >= 15 is 0 Å². The molecule has 0 saturated heterocycles. The molecule has 1 aromatic rings. The fourth-order valence-corrected chi connectivity index (χ4v) is 1.39. The Bertz CT molecular complexity index is 284. The Morgan fingerprint density at radius 2 is 2.00 bits per heavy atom. The summed E-state index contributed by atoms with van der Waals surface area (Å²) in [5.41, 5.74) is 0.909. The maximum absolute atomic E-state index is 5.87. The van der Waals surface area contributed by atoms with Gasteiger partial charge in [-0.25, -0.2) is 9.97 Å². The first-order chi connectivity index (χ1) is 5.29. The van der Waals surface area contributed by atoms with E-state index < -0.39 is 0 Å². The summed E-state index contributed by atoms with van der Waals surface area (Å²) in [6.45, 7) is 0. The number of aromatic nitrogens is 2. The zero-order valence-electron chi connectivity index (χ0n) is 5.72. The van der Waals surface area contributed by atoms with Gasteiger partial charge in [0, 0.05) is 5.92 Å². The molecule has 0 unspecified atom stereocenters. The average Bonchev–Trinajstić information content (AvgIpc) is 2.77. The Labute approximate surface area is 74.6 Å². The van der Waals surface area contributed by atoms with Crippen LogP contribution in [0, 0.1) is 0 Å². The van der Waals surface area contributed by atoms with Crippen LogP contribution < -0.4 is 0 Å². The van der Waals surface area contributed by atoms with E-state index in [2.05, 4.69) is 9.97 Å². The molecule has 0 N–H and O–H groups in total. The molecule has 11 heavy (non-hydrogen) atoms. The summed E-state index contributed by atoms with van der Waals surface area (Å²) in [7, 11) is 0. The molecule has 1 aromatic heterocycles. The molecule has 0 amide bonds. The van der Waals surface area contributed by atoms with E-state index in [9.17, 15) is 0 Å². The van der Waals surface area contributed by atoms with E-state index in [4.69, 9.17) is 23.2 Å². The first-order valence-electron chi connectivity index (χ1n) is 3.45. The maximum Gasteiger partial charge on any atom is 0.151 e. The molecule has 0 aromatic carbocycles. The lowest BCUT2D eigenvalue weighted by Crippen LogP contribution is -1.90. The van der Waals surface area contributed by atoms with Crippen molar-refractivity contribution in [3.05, 3.63) is 22.2 Å². The van der Waals surface area contributed by atoms with Crippen LogP contribution in [0.25, 0.3) is 0 Å². The summed E-state index contributed by atoms with van der Waals surface area (Å²) in [6.07, 6.45) is 3.81. The minimum atomic E-state index is 0.364. The number of rotatable bonds is 1. The smallest absolute Gasteiger partial charge is 0.151 e. The first kappa shape index (κ1) is 7.32. The van der Waals surface area contributed by atoms with Crippen molar-refractivity contribution in [2.75, 3.05) is 0 Å². The van der Waals surface area contributed by atoms with Crippen LogP contribution in [0.2, 0.25) is 10.2 Å². The largest absolute Gasteiger partial charge is 0.239 e. The molecule has 1 saturated carbocycles. The second-order valence-corrected chi connectivity index (χ2v) is 3.37. The second-order valence-electron chi connectivity index (χ2n) is 2.64. The molecule has 1 aliphatic carbocycles. The number of hydrogen-bond donors (Lipinski definition) is 0. The van der Waals surface area contributed by atoms with E-state index in [0.717, 1.165) is 5.69 Å². The third-order valence-corrected chi connectivity index (χ3v) is 2.49. The highest BCUT2D eigenvalue weighted by Gasteiger charge is 2.28. The summed E-state index contributed by atoms with van der Waals surface area (Å²) in [6, 6.07) is 0. The highest BCUT2D eigenvalue weighted by Crippen LogP contribution is 2.42. The minimum Gasteiger partial charge on any atom is -0.239 e. The Balaban J connectivity index is 2.45. The van der Waals surface area contributed by atoms with E-state index in [1.807, 2.05) is 0 Å². The van der Waals surface area contributed by atoms with Gasteiger partial charge in [0.05, 0.1) is 10.7 Å². The van der Waals surface area contributed by atoms with Crippen LogP contribution in [0.5, 0.6) is 0 Å². The van der Waals surface area contributed by atoms with Crippen LogP contribution in [-0.4, -0.2) is 9.97 Å². The summed E-state index contributed by atoms with van der Waals surface area (Å²) in [5, 5.41) is 0.889. The van der Waals surface area contributed by atoms with Gasteiger partial charge in [-0.05, 0) is 12.8 Å². The van der Waals surface area contributed by atoms with Gasteiger partial charge in [-0.15, -0.1) is 0 Å². The second kappa shape index (κ2) is 2.61. The van der Waals surface area contributed by atoms with Crippen LogP contribution in [0.4, 0.5) is 0 Å². The van der Waals surface area contributed by atoms with Gasteiger partial charge in [-0.3, -0.25) is 0 Å². The Hall–Kier alpha value is -0.340. The molecule has 0 atom stereocenters. The lowest BCUT2D eigenvalue weighted by Gasteiger charge is -1.99. The fourth-order valence-electron chi connectivity index (χ4n) is 1.00. The third-order valence-electron chi connectivity index (χ3n) is 1.74. The van der Waals surface area contributed by atoms with Crippen molar-refractivity contribution < 1.29 is 0 Å². The van der Waals surface area contributed by atoms with Gasteiger partial charge in [0.2, 0.25) is 0 Å². The predicted molar refractivity (Wildman–Crippen MR) is 44.0 cm³/mol. The molecule has 2 rings (SSSR count). The summed E-state index contributed by atoms with van der Waals surface area (Å²) in [4.78, 5) is 7.85. The van der Waals surface area contributed by atoms with Crippen LogP contribution in [0.3, 0.4) is 0 Å². The highest BCUT2D eigenvalue weighted by molar-refractivity contribution is 6.41. The first-order valence-corrected chi connectivity index (χ1v) is 4.20. The monoisotopic (exact) mass is 188 g/mol. The van der Waals surface area contributed by atoms with Gasteiger partial charge >= 0.3 is 0 Å². The molecule has 1 aliphatic rings. The van der Waals surface area contributed by atoms with Gasteiger partial charge in [0.15, 0.2) is 5.15 Å². The van der Waals surface area contributed by atoms with E-state index in [1.54, 1.807) is 0 Å². The van der Waals surface area contributed by atoms with Gasteiger partial charge in [0.1, 0.15) is 6.33 Å². The van der Waals surface area contributed by atoms with Crippen molar-refractivity contribution in [1.29, 1.82) is 0 Å². The molecule has 1 heterocycles. The van der Waals surface area contributed by atoms with Gasteiger partial charge in [-0.1, -0.05) is 23.2 Å². The van der Waals surface area contributed by atoms with Crippen LogP contribution in [0.15, 0.2) is 6.33 Å².